The number of carbonyl (C=O) groups excluding carboxylic acids is 2. The Hall–Kier alpha value is -2.61. The van der Waals surface area contributed by atoms with Gasteiger partial charge in [0.05, 0.1) is 26.3 Å². The first-order valence-electron chi connectivity index (χ1n) is 8.27. The molecule has 0 saturated heterocycles. The first kappa shape index (κ1) is 19.7. The van der Waals surface area contributed by atoms with Crippen molar-refractivity contribution in [2.75, 3.05) is 32.6 Å². The maximum Gasteiger partial charge on any atom is 0.257 e. The predicted octanol–water partition coefficient (Wildman–Crippen LogP) is 2.82. The van der Waals surface area contributed by atoms with E-state index in [1.54, 1.807) is 28.5 Å². The van der Waals surface area contributed by atoms with Crippen LogP contribution in [-0.2, 0) is 11.2 Å². The molecule has 0 spiro atoms. The van der Waals surface area contributed by atoms with Crippen LogP contribution in [-0.4, -0.2) is 49.0 Å². The fraction of sp³-hybridized carbons (Fsp3) is 0.389. The summed E-state index contributed by atoms with van der Waals surface area (Å²) in [5.74, 6) is 0.757. The highest BCUT2D eigenvalue weighted by Gasteiger charge is 2.15. The van der Waals surface area contributed by atoms with Crippen molar-refractivity contribution in [1.82, 2.24) is 9.88 Å². The average molecular weight is 377 g/mol. The molecule has 0 unspecified atom stereocenters. The van der Waals surface area contributed by atoms with Gasteiger partial charge in [0.2, 0.25) is 5.91 Å². The lowest BCUT2D eigenvalue weighted by Gasteiger charge is -2.17. The molecule has 0 fully saturated rings. The molecule has 0 saturated carbocycles. The standard InChI is InChI=1S/C18H23N3O4S/c1-5-21(6-2)16(22)9-13-11-26-18(19-13)20-17(23)12-7-14(24-3)10-15(8-12)25-4/h7-8,10-11H,5-6,9H2,1-4H3,(H,19,20,23). The largest absolute Gasteiger partial charge is 0.497 e. The summed E-state index contributed by atoms with van der Waals surface area (Å²) in [5, 5.41) is 4.97. The molecule has 0 atom stereocenters. The molecule has 0 aliphatic rings. The molecule has 0 aliphatic carbocycles. The molecule has 2 amide bonds. The third kappa shape index (κ3) is 4.95. The highest BCUT2D eigenvalue weighted by Crippen LogP contribution is 2.24. The number of nitrogens with one attached hydrogen (secondary N) is 1. The van der Waals surface area contributed by atoms with E-state index in [0.717, 1.165) is 0 Å². The second kappa shape index (κ2) is 9.19. The first-order chi connectivity index (χ1) is 12.5. The van der Waals surface area contributed by atoms with E-state index in [1.165, 1.54) is 25.6 Å². The Balaban J connectivity index is 2.07. The summed E-state index contributed by atoms with van der Waals surface area (Å²) >= 11 is 1.29. The van der Waals surface area contributed by atoms with Crippen LogP contribution in [0.25, 0.3) is 0 Å². The Labute approximate surface area is 156 Å². The van der Waals surface area contributed by atoms with E-state index in [-0.39, 0.29) is 18.2 Å². The van der Waals surface area contributed by atoms with Crippen LogP contribution in [0.3, 0.4) is 0 Å². The van der Waals surface area contributed by atoms with Crippen molar-refractivity contribution in [3.05, 3.63) is 34.8 Å². The van der Waals surface area contributed by atoms with Crippen molar-refractivity contribution in [2.45, 2.75) is 20.3 Å². The number of thiazole rings is 1. The van der Waals surface area contributed by atoms with E-state index < -0.39 is 0 Å². The number of hydrogen-bond acceptors (Lipinski definition) is 6. The third-order valence-electron chi connectivity index (χ3n) is 3.83. The van der Waals surface area contributed by atoms with E-state index in [1.807, 2.05) is 13.8 Å². The molecule has 2 rings (SSSR count). The average Bonchev–Trinajstić information content (AvgIpc) is 3.08. The molecule has 0 aliphatic heterocycles. The van der Waals surface area contributed by atoms with E-state index >= 15 is 0 Å². The Bertz CT molecular complexity index is 749. The lowest BCUT2D eigenvalue weighted by atomic mass is 10.2. The Morgan fingerprint density at radius 3 is 2.27 bits per heavy atom. The molecule has 1 aromatic heterocycles. The van der Waals surface area contributed by atoms with Crippen molar-refractivity contribution in [3.63, 3.8) is 0 Å². The van der Waals surface area contributed by atoms with Crippen LogP contribution in [0.5, 0.6) is 11.5 Å². The lowest BCUT2D eigenvalue weighted by molar-refractivity contribution is -0.130. The summed E-state index contributed by atoms with van der Waals surface area (Å²) in [4.78, 5) is 30.7. The minimum Gasteiger partial charge on any atom is -0.497 e. The molecule has 2 aromatic rings. The molecule has 1 heterocycles. The van der Waals surface area contributed by atoms with Gasteiger partial charge in [-0.15, -0.1) is 11.3 Å². The topological polar surface area (TPSA) is 80.8 Å². The van der Waals surface area contributed by atoms with E-state index in [4.69, 9.17) is 9.47 Å². The van der Waals surface area contributed by atoms with Crippen LogP contribution in [0.4, 0.5) is 5.13 Å². The summed E-state index contributed by atoms with van der Waals surface area (Å²) in [6.45, 7) is 5.22. The molecule has 0 radical (unpaired) electrons. The van der Waals surface area contributed by atoms with E-state index in [0.29, 0.717) is 41.0 Å². The summed E-state index contributed by atoms with van der Waals surface area (Å²) in [6.07, 6.45) is 0.223. The summed E-state index contributed by atoms with van der Waals surface area (Å²) in [5.41, 5.74) is 1.04. The van der Waals surface area contributed by atoms with Gasteiger partial charge in [0.25, 0.3) is 5.91 Å². The van der Waals surface area contributed by atoms with Gasteiger partial charge in [-0.2, -0.15) is 0 Å². The number of rotatable bonds is 8. The van der Waals surface area contributed by atoms with Crippen molar-refractivity contribution >= 4 is 28.3 Å². The van der Waals surface area contributed by atoms with E-state index in [9.17, 15) is 9.59 Å². The molecule has 0 bridgehead atoms. The maximum absolute atomic E-state index is 12.5. The zero-order valence-corrected chi connectivity index (χ0v) is 16.2. The first-order valence-corrected chi connectivity index (χ1v) is 9.15. The second-order valence-corrected chi connectivity index (χ2v) is 6.30. The van der Waals surface area contributed by atoms with Gasteiger partial charge in [-0.3, -0.25) is 14.9 Å². The van der Waals surface area contributed by atoms with Crippen molar-refractivity contribution in [3.8, 4) is 11.5 Å². The Kier molecular flexibility index (Phi) is 6.97. The quantitative estimate of drug-likeness (QED) is 0.765. The normalized spacial score (nSPS) is 10.3. The molecular weight excluding hydrogens is 354 g/mol. The number of nitrogens with zero attached hydrogens (tertiary/aromatic N) is 2. The molecule has 1 N–H and O–H groups in total. The number of amides is 2. The van der Waals surface area contributed by atoms with Crippen molar-refractivity contribution < 1.29 is 19.1 Å². The smallest absolute Gasteiger partial charge is 0.257 e. The van der Waals surface area contributed by atoms with Gasteiger partial charge in [0.15, 0.2) is 5.13 Å². The predicted molar refractivity (Wildman–Crippen MR) is 101 cm³/mol. The zero-order valence-electron chi connectivity index (χ0n) is 15.4. The molecule has 8 heteroatoms. The zero-order chi connectivity index (χ0) is 19.1. The van der Waals surface area contributed by atoms with Gasteiger partial charge in [-0.1, -0.05) is 0 Å². The van der Waals surface area contributed by atoms with Gasteiger partial charge < -0.3 is 14.4 Å². The van der Waals surface area contributed by atoms with Gasteiger partial charge in [0.1, 0.15) is 11.5 Å². The number of benzene rings is 1. The van der Waals surface area contributed by atoms with Crippen LogP contribution < -0.4 is 14.8 Å². The van der Waals surface area contributed by atoms with Gasteiger partial charge in [-0.25, -0.2) is 4.98 Å². The highest BCUT2D eigenvalue weighted by atomic mass is 32.1. The van der Waals surface area contributed by atoms with Crippen molar-refractivity contribution in [1.29, 1.82) is 0 Å². The van der Waals surface area contributed by atoms with Gasteiger partial charge in [-0.05, 0) is 26.0 Å². The fourth-order valence-corrected chi connectivity index (χ4v) is 3.10. The number of aromatic nitrogens is 1. The Morgan fingerprint density at radius 1 is 1.12 bits per heavy atom. The monoisotopic (exact) mass is 377 g/mol. The summed E-state index contributed by atoms with van der Waals surface area (Å²) in [6, 6.07) is 4.93. The second-order valence-electron chi connectivity index (χ2n) is 5.44. The number of anilines is 1. The molecular formula is C18H23N3O4S. The SMILES string of the molecule is CCN(CC)C(=O)Cc1csc(NC(=O)c2cc(OC)cc(OC)c2)n1. The van der Waals surface area contributed by atoms with Crippen LogP contribution in [0, 0.1) is 0 Å². The molecule has 1 aromatic carbocycles. The fourth-order valence-electron chi connectivity index (χ4n) is 2.40. The lowest BCUT2D eigenvalue weighted by Crippen LogP contribution is -2.31. The third-order valence-corrected chi connectivity index (χ3v) is 4.64. The summed E-state index contributed by atoms with van der Waals surface area (Å²) < 4.78 is 10.3. The van der Waals surface area contributed by atoms with Crippen LogP contribution in [0.2, 0.25) is 0 Å². The number of ether oxygens (including phenoxy) is 2. The van der Waals surface area contributed by atoms with Crippen LogP contribution >= 0.6 is 11.3 Å². The molecule has 140 valence electrons. The van der Waals surface area contributed by atoms with Crippen LogP contribution in [0.15, 0.2) is 23.6 Å². The number of methoxy groups -OCH3 is 2. The highest BCUT2D eigenvalue weighted by molar-refractivity contribution is 7.14. The van der Waals surface area contributed by atoms with Gasteiger partial charge in [0, 0.05) is 30.1 Å². The molecule has 26 heavy (non-hydrogen) atoms. The van der Waals surface area contributed by atoms with E-state index in [2.05, 4.69) is 10.3 Å². The molecule has 7 nitrogen and oxygen atoms in total. The van der Waals surface area contributed by atoms with Gasteiger partial charge >= 0.3 is 0 Å². The van der Waals surface area contributed by atoms with Crippen molar-refractivity contribution in [2.24, 2.45) is 0 Å². The number of likely N-dealkylation sites (N-methyl/N-ethyl adjacent to an activating group) is 1. The Morgan fingerprint density at radius 2 is 1.73 bits per heavy atom. The number of carbonyl (C=O) groups is 2. The maximum atomic E-state index is 12.5. The minimum absolute atomic E-state index is 0.0238. The summed E-state index contributed by atoms with van der Waals surface area (Å²) in [7, 11) is 3.05. The minimum atomic E-state index is -0.321. The van der Waals surface area contributed by atoms with Crippen LogP contribution in [0.1, 0.15) is 29.9 Å². The number of hydrogen-bond donors (Lipinski definition) is 1.